The first kappa shape index (κ1) is 12.5. The molecule has 1 aromatic carbocycles. The summed E-state index contributed by atoms with van der Waals surface area (Å²) < 4.78 is 0. The number of halogens is 1. The summed E-state index contributed by atoms with van der Waals surface area (Å²) in [4.78, 5) is 6.58. The fraction of sp³-hybridized carbons (Fsp3) is 0.312. The molecule has 0 spiro atoms. The van der Waals surface area contributed by atoms with Crippen LogP contribution in [-0.2, 0) is 13.0 Å². The fourth-order valence-corrected chi connectivity index (χ4v) is 2.86. The van der Waals surface area contributed by atoms with Gasteiger partial charge in [0.25, 0.3) is 0 Å². The predicted octanol–water partition coefficient (Wildman–Crippen LogP) is 4.08. The van der Waals surface area contributed by atoms with Gasteiger partial charge in [-0.25, -0.2) is 4.98 Å². The molecule has 0 unspecified atom stereocenters. The molecule has 3 heteroatoms. The monoisotopic (exact) mass is 272 g/mol. The molecule has 0 atom stereocenters. The molecule has 0 amide bonds. The number of hydrogen-bond donors (Lipinski definition) is 0. The Morgan fingerprint density at radius 2 is 2.00 bits per heavy atom. The Hall–Kier alpha value is -1.54. The molecule has 0 radical (unpaired) electrons. The largest absolute Gasteiger partial charge is 0.367 e. The van der Waals surface area contributed by atoms with E-state index in [1.165, 1.54) is 30.5 Å². The first-order chi connectivity index (χ1) is 9.34. The smallest absolute Gasteiger partial charge is 0.133 e. The maximum Gasteiger partial charge on any atom is 0.133 e. The van der Waals surface area contributed by atoms with Gasteiger partial charge in [-0.2, -0.15) is 0 Å². The average molecular weight is 273 g/mol. The summed E-state index contributed by atoms with van der Waals surface area (Å²) in [5, 5.41) is 0.615. The highest BCUT2D eigenvalue weighted by atomic mass is 35.5. The third-order valence-corrected chi connectivity index (χ3v) is 3.99. The summed E-state index contributed by atoms with van der Waals surface area (Å²) in [5.41, 5.74) is 3.89. The molecular formula is C16H17ClN2. The molecule has 0 saturated carbocycles. The lowest BCUT2D eigenvalue weighted by Gasteiger charge is -2.25. The first-order valence-corrected chi connectivity index (χ1v) is 7.14. The minimum Gasteiger partial charge on any atom is -0.367 e. The van der Waals surface area contributed by atoms with Gasteiger partial charge in [-0.15, -0.1) is 0 Å². The Morgan fingerprint density at radius 3 is 2.89 bits per heavy atom. The van der Waals surface area contributed by atoms with Gasteiger partial charge in [0.1, 0.15) is 5.15 Å². The van der Waals surface area contributed by atoms with Gasteiger partial charge in [0.2, 0.25) is 0 Å². The number of pyridine rings is 1. The second-order valence-electron chi connectivity index (χ2n) is 4.96. The molecule has 0 N–H and O–H groups in total. The van der Waals surface area contributed by atoms with Crippen molar-refractivity contribution in [2.24, 2.45) is 0 Å². The minimum atomic E-state index is 0.615. The van der Waals surface area contributed by atoms with E-state index in [9.17, 15) is 0 Å². The van der Waals surface area contributed by atoms with Crippen molar-refractivity contribution in [3.63, 3.8) is 0 Å². The third-order valence-electron chi connectivity index (χ3n) is 3.65. The molecule has 19 heavy (non-hydrogen) atoms. The minimum absolute atomic E-state index is 0.615. The van der Waals surface area contributed by atoms with E-state index in [0.29, 0.717) is 5.15 Å². The van der Waals surface area contributed by atoms with Gasteiger partial charge in [-0.1, -0.05) is 35.9 Å². The van der Waals surface area contributed by atoms with Crippen molar-refractivity contribution in [2.75, 3.05) is 11.4 Å². The highest BCUT2D eigenvalue weighted by molar-refractivity contribution is 6.30. The van der Waals surface area contributed by atoms with Gasteiger partial charge in [-0.3, -0.25) is 0 Å². The fourth-order valence-electron chi connectivity index (χ4n) is 2.68. The predicted molar refractivity (Wildman–Crippen MR) is 79.7 cm³/mol. The van der Waals surface area contributed by atoms with Crippen molar-refractivity contribution in [3.8, 4) is 0 Å². The van der Waals surface area contributed by atoms with E-state index in [-0.39, 0.29) is 0 Å². The summed E-state index contributed by atoms with van der Waals surface area (Å²) in [6.45, 7) is 1.92. The molecule has 0 fully saturated rings. The Bertz CT molecular complexity index is 568. The van der Waals surface area contributed by atoms with Crippen LogP contribution in [0.2, 0.25) is 5.15 Å². The first-order valence-electron chi connectivity index (χ1n) is 6.77. The number of aryl methyl sites for hydroxylation is 1. The van der Waals surface area contributed by atoms with Crippen LogP contribution in [0.15, 0.2) is 42.6 Å². The molecule has 1 aliphatic rings. The van der Waals surface area contributed by atoms with Crippen molar-refractivity contribution >= 4 is 17.3 Å². The number of fused-ring (bicyclic) bond motifs is 1. The maximum atomic E-state index is 6.17. The van der Waals surface area contributed by atoms with Crippen LogP contribution in [0.1, 0.15) is 24.0 Å². The van der Waals surface area contributed by atoms with Gasteiger partial charge in [0.15, 0.2) is 0 Å². The molecule has 0 bridgehead atoms. The topological polar surface area (TPSA) is 16.1 Å². The highest BCUT2D eigenvalue weighted by Gasteiger charge is 2.15. The summed E-state index contributed by atoms with van der Waals surface area (Å²) in [7, 11) is 0. The number of hydrogen-bond acceptors (Lipinski definition) is 2. The van der Waals surface area contributed by atoms with Crippen LogP contribution in [0.25, 0.3) is 0 Å². The second-order valence-corrected chi connectivity index (χ2v) is 5.32. The van der Waals surface area contributed by atoms with Gasteiger partial charge < -0.3 is 4.90 Å². The number of rotatable bonds is 2. The Kier molecular flexibility index (Phi) is 3.69. The summed E-state index contributed by atoms with van der Waals surface area (Å²) in [6.07, 6.45) is 5.40. The van der Waals surface area contributed by atoms with Crippen LogP contribution < -0.4 is 4.90 Å². The van der Waals surface area contributed by atoms with E-state index >= 15 is 0 Å². The molecule has 0 aliphatic carbocycles. The number of para-hydroxylation sites is 1. The van der Waals surface area contributed by atoms with Crippen molar-refractivity contribution in [1.82, 2.24) is 4.98 Å². The summed E-state index contributed by atoms with van der Waals surface area (Å²) >= 11 is 6.17. The quantitative estimate of drug-likeness (QED) is 0.766. The van der Waals surface area contributed by atoms with Crippen LogP contribution in [0.3, 0.4) is 0 Å². The van der Waals surface area contributed by atoms with Gasteiger partial charge in [0, 0.05) is 30.5 Å². The summed E-state index contributed by atoms with van der Waals surface area (Å²) in [5.74, 6) is 0. The molecule has 0 saturated heterocycles. The van der Waals surface area contributed by atoms with Crippen LogP contribution >= 0.6 is 11.6 Å². The van der Waals surface area contributed by atoms with Crippen molar-refractivity contribution in [2.45, 2.75) is 25.8 Å². The number of benzene rings is 1. The number of anilines is 1. The lowest BCUT2D eigenvalue weighted by Crippen LogP contribution is -2.23. The molecule has 2 heterocycles. The molecule has 3 rings (SSSR count). The zero-order valence-electron chi connectivity index (χ0n) is 10.8. The average Bonchev–Trinajstić information content (AvgIpc) is 2.64. The van der Waals surface area contributed by atoms with Crippen LogP contribution in [0, 0.1) is 0 Å². The van der Waals surface area contributed by atoms with Crippen molar-refractivity contribution in [3.05, 3.63) is 58.9 Å². The zero-order chi connectivity index (χ0) is 13.1. The molecule has 1 aromatic heterocycles. The van der Waals surface area contributed by atoms with E-state index in [0.717, 1.165) is 18.7 Å². The van der Waals surface area contributed by atoms with Gasteiger partial charge >= 0.3 is 0 Å². The molecular weight excluding hydrogens is 256 g/mol. The van der Waals surface area contributed by atoms with E-state index in [1.807, 2.05) is 6.07 Å². The lowest BCUT2D eigenvalue weighted by molar-refractivity contribution is 0.714. The number of nitrogens with zero attached hydrogens (tertiary/aromatic N) is 2. The Balaban J connectivity index is 1.91. The van der Waals surface area contributed by atoms with Crippen LogP contribution in [0.4, 0.5) is 5.69 Å². The van der Waals surface area contributed by atoms with E-state index in [2.05, 4.69) is 40.2 Å². The Labute approximate surface area is 119 Å². The molecule has 1 aliphatic heterocycles. The highest BCUT2D eigenvalue weighted by Crippen LogP contribution is 2.28. The van der Waals surface area contributed by atoms with Crippen LogP contribution in [-0.4, -0.2) is 11.5 Å². The number of aromatic nitrogens is 1. The normalized spacial score (nSPS) is 14.9. The maximum absolute atomic E-state index is 6.17. The summed E-state index contributed by atoms with van der Waals surface area (Å²) in [6, 6.07) is 12.7. The second kappa shape index (κ2) is 5.62. The van der Waals surface area contributed by atoms with E-state index < -0.39 is 0 Å². The van der Waals surface area contributed by atoms with Gasteiger partial charge in [0.05, 0.1) is 0 Å². The molecule has 98 valence electrons. The van der Waals surface area contributed by atoms with Crippen molar-refractivity contribution < 1.29 is 0 Å². The SMILES string of the molecule is Clc1ncccc1CN1CCCCc2ccccc21. The molecule has 2 nitrogen and oxygen atoms in total. The zero-order valence-corrected chi connectivity index (χ0v) is 11.6. The lowest BCUT2D eigenvalue weighted by atomic mass is 10.1. The van der Waals surface area contributed by atoms with Crippen LogP contribution in [0.5, 0.6) is 0 Å². The van der Waals surface area contributed by atoms with Crippen molar-refractivity contribution in [1.29, 1.82) is 0 Å². The van der Waals surface area contributed by atoms with Gasteiger partial charge in [-0.05, 0) is 37.0 Å². The van der Waals surface area contributed by atoms with E-state index in [1.54, 1.807) is 6.20 Å². The standard InChI is InChI=1S/C16H17ClN2/c17-16-14(8-5-10-18-16)12-19-11-4-3-7-13-6-1-2-9-15(13)19/h1-2,5-6,8-10H,3-4,7,11-12H2. The third kappa shape index (κ3) is 2.74. The van der Waals surface area contributed by atoms with E-state index in [4.69, 9.17) is 11.6 Å². The molecule has 2 aromatic rings. The Morgan fingerprint density at radius 1 is 1.11 bits per heavy atom.